The second kappa shape index (κ2) is 7.54. The van der Waals surface area contributed by atoms with Gasteiger partial charge in [-0.3, -0.25) is 10.1 Å². The van der Waals surface area contributed by atoms with Crippen LogP contribution in [0, 0.1) is 10.1 Å². The molecule has 0 amide bonds. The molecule has 0 spiro atoms. The second-order valence-electron chi connectivity index (χ2n) is 4.89. The quantitative estimate of drug-likeness (QED) is 0.460. The molecule has 0 saturated heterocycles. The van der Waals surface area contributed by atoms with Gasteiger partial charge in [0, 0.05) is 12.3 Å². The molecule has 6 nitrogen and oxygen atoms in total. The Morgan fingerprint density at radius 3 is 2.90 bits per heavy atom. The van der Waals surface area contributed by atoms with Crippen LogP contribution in [0.1, 0.15) is 25.3 Å². The van der Waals surface area contributed by atoms with Crippen molar-refractivity contribution in [1.29, 1.82) is 0 Å². The van der Waals surface area contributed by atoms with E-state index in [0.717, 1.165) is 37.9 Å². The molecule has 0 radical (unpaired) electrons. The summed E-state index contributed by atoms with van der Waals surface area (Å²) in [6.07, 6.45) is 6.72. The number of nitro groups is 1. The summed E-state index contributed by atoms with van der Waals surface area (Å²) in [4.78, 5) is 10.6. The molecule has 1 aromatic heterocycles. The summed E-state index contributed by atoms with van der Waals surface area (Å²) in [5.41, 5.74) is 1.65. The number of hydrogen-bond donors (Lipinski definition) is 1. The van der Waals surface area contributed by atoms with E-state index in [2.05, 4.69) is 17.3 Å². The molecular formula is C15H20N4O2. The van der Waals surface area contributed by atoms with Gasteiger partial charge >= 0.3 is 0 Å². The molecule has 0 saturated carbocycles. The Morgan fingerprint density at radius 2 is 2.14 bits per heavy atom. The second-order valence-corrected chi connectivity index (χ2v) is 4.89. The van der Waals surface area contributed by atoms with Gasteiger partial charge in [0.1, 0.15) is 5.69 Å². The minimum atomic E-state index is -0.384. The zero-order chi connectivity index (χ0) is 15.1. The number of nitrogens with one attached hydrogen (secondary N) is 1. The summed E-state index contributed by atoms with van der Waals surface area (Å²) < 4.78 is 1.58. The molecule has 0 aliphatic carbocycles. The highest BCUT2D eigenvalue weighted by atomic mass is 16.6. The van der Waals surface area contributed by atoms with Crippen molar-refractivity contribution >= 4 is 5.69 Å². The Hall–Kier alpha value is -2.21. The van der Waals surface area contributed by atoms with Gasteiger partial charge < -0.3 is 5.32 Å². The molecule has 2 aromatic rings. The number of benzene rings is 1. The third kappa shape index (κ3) is 4.13. The third-order valence-electron chi connectivity index (χ3n) is 3.21. The number of nitrogens with zero attached hydrogens (tertiary/aromatic N) is 3. The molecule has 2 rings (SSSR count). The first-order valence-electron chi connectivity index (χ1n) is 7.20. The van der Waals surface area contributed by atoms with Crippen molar-refractivity contribution in [2.45, 2.75) is 26.2 Å². The first kappa shape index (κ1) is 15.2. The molecule has 1 heterocycles. The largest absolute Gasteiger partial charge is 0.317 e. The summed E-state index contributed by atoms with van der Waals surface area (Å²) in [5.74, 6) is 0. The standard InChI is InChI=1S/C15H20N4O2/c1-2-9-16-10-5-6-13-11-17-18(12-13)14-7-3-4-8-15(14)19(20)21/h3-4,7-8,11-12,16H,2,5-6,9-10H2,1H3. The van der Waals surface area contributed by atoms with E-state index in [1.165, 1.54) is 6.07 Å². The molecule has 0 atom stereocenters. The van der Waals surface area contributed by atoms with Crippen molar-refractivity contribution in [2.75, 3.05) is 13.1 Å². The molecule has 0 unspecified atom stereocenters. The minimum Gasteiger partial charge on any atom is -0.317 e. The lowest BCUT2D eigenvalue weighted by molar-refractivity contribution is -0.384. The van der Waals surface area contributed by atoms with Crippen LogP contribution in [0.5, 0.6) is 0 Å². The Morgan fingerprint density at radius 1 is 1.33 bits per heavy atom. The van der Waals surface area contributed by atoms with Gasteiger partial charge in [0.05, 0.1) is 11.1 Å². The molecule has 1 N–H and O–H groups in total. The summed E-state index contributed by atoms with van der Waals surface area (Å²) in [6.45, 7) is 4.16. The van der Waals surface area contributed by atoms with Crippen molar-refractivity contribution in [3.63, 3.8) is 0 Å². The smallest absolute Gasteiger partial charge is 0.294 e. The Kier molecular flexibility index (Phi) is 5.45. The van der Waals surface area contributed by atoms with Crippen molar-refractivity contribution in [3.05, 3.63) is 52.3 Å². The van der Waals surface area contributed by atoms with E-state index < -0.39 is 0 Å². The van der Waals surface area contributed by atoms with Crippen molar-refractivity contribution < 1.29 is 4.92 Å². The van der Waals surface area contributed by atoms with Gasteiger partial charge in [-0.2, -0.15) is 5.10 Å². The van der Waals surface area contributed by atoms with Crippen LogP contribution in [-0.2, 0) is 6.42 Å². The van der Waals surface area contributed by atoms with Crippen molar-refractivity contribution in [2.24, 2.45) is 0 Å². The first-order valence-corrected chi connectivity index (χ1v) is 7.20. The minimum absolute atomic E-state index is 0.0664. The van der Waals surface area contributed by atoms with Gasteiger partial charge in [0.15, 0.2) is 0 Å². The lowest BCUT2D eigenvalue weighted by Crippen LogP contribution is -2.16. The van der Waals surface area contributed by atoms with Crippen LogP contribution in [0.4, 0.5) is 5.69 Å². The van der Waals surface area contributed by atoms with E-state index in [-0.39, 0.29) is 10.6 Å². The SMILES string of the molecule is CCCNCCCc1cnn(-c2ccccc2[N+](=O)[O-])c1. The van der Waals surface area contributed by atoms with E-state index >= 15 is 0 Å². The summed E-state index contributed by atoms with van der Waals surface area (Å²) >= 11 is 0. The highest BCUT2D eigenvalue weighted by Crippen LogP contribution is 2.21. The average molecular weight is 288 g/mol. The van der Waals surface area contributed by atoms with Gasteiger partial charge in [-0.1, -0.05) is 19.1 Å². The Labute approximate surface area is 123 Å². The zero-order valence-electron chi connectivity index (χ0n) is 12.2. The highest BCUT2D eigenvalue weighted by Gasteiger charge is 2.14. The number of para-hydroxylation sites is 2. The molecule has 21 heavy (non-hydrogen) atoms. The van der Waals surface area contributed by atoms with Gasteiger partial charge in [0.2, 0.25) is 0 Å². The van der Waals surface area contributed by atoms with Crippen LogP contribution in [0.15, 0.2) is 36.7 Å². The maximum Gasteiger partial charge on any atom is 0.294 e. The average Bonchev–Trinajstić information content (AvgIpc) is 2.96. The van der Waals surface area contributed by atoms with Gasteiger partial charge in [-0.15, -0.1) is 0 Å². The molecule has 0 bridgehead atoms. The summed E-state index contributed by atoms with van der Waals surface area (Å²) in [6, 6.07) is 6.63. The fraction of sp³-hybridized carbons (Fsp3) is 0.400. The van der Waals surface area contributed by atoms with Crippen molar-refractivity contribution in [1.82, 2.24) is 15.1 Å². The van der Waals surface area contributed by atoms with Gasteiger partial charge in [-0.05, 0) is 44.0 Å². The predicted octanol–water partition coefficient (Wildman–Crippen LogP) is 2.71. The number of aryl methyl sites for hydroxylation is 1. The van der Waals surface area contributed by atoms with Crippen LogP contribution < -0.4 is 5.32 Å². The number of hydrogen-bond acceptors (Lipinski definition) is 4. The number of rotatable bonds is 8. The maximum atomic E-state index is 11.0. The monoisotopic (exact) mass is 288 g/mol. The van der Waals surface area contributed by atoms with Gasteiger partial charge in [-0.25, -0.2) is 4.68 Å². The van der Waals surface area contributed by atoms with E-state index in [4.69, 9.17) is 0 Å². The maximum absolute atomic E-state index is 11.0. The van der Waals surface area contributed by atoms with E-state index in [0.29, 0.717) is 5.69 Å². The van der Waals surface area contributed by atoms with Crippen LogP contribution in [0.25, 0.3) is 5.69 Å². The molecular weight excluding hydrogens is 268 g/mol. The molecule has 0 aliphatic heterocycles. The van der Waals surface area contributed by atoms with E-state index in [1.807, 2.05) is 6.20 Å². The zero-order valence-corrected chi connectivity index (χ0v) is 12.2. The normalized spacial score (nSPS) is 10.7. The third-order valence-corrected chi connectivity index (χ3v) is 3.21. The van der Waals surface area contributed by atoms with Crippen LogP contribution in [0.3, 0.4) is 0 Å². The Balaban J connectivity index is 2.01. The lowest BCUT2D eigenvalue weighted by Gasteiger charge is -2.02. The highest BCUT2D eigenvalue weighted by molar-refractivity contribution is 5.51. The molecule has 112 valence electrons. The Bertz CT molecular complexity index is 595. The fourth-order valence-electron chi connectivity index (χ4n) is 2.15. The molecule has 1 aromatic carbocycles. The molecule has 0 aliphatic rings. The topological polar surface area (TPSA) is 73.0 Å². The number of aromatic nitrogens is 2. The van der Waals surface area contributed by atoms with Crippen LogP contribution in [0.2, 0.25) is 0 Å². The van der Waals surface area contributed by atoms with E-state index in [9.17, 15) is 10.1 Å². The molecule has 0 fully saturated rings. The fourth-order valence-corrected chi connectivity index (χ4v) is 2.15. The van der Waals surface area contributed by atoms with E-state index in [1.54, 1.807) is 29.1 Å². The molecule has 6 heteroatoms. The van der Waals surface area contributed by atoms with Crippen molar-refractivity contribution in [3.8, 4) is 5.69 Å². The van der Waals surface area contributed by atoms with Crippen LogP contribution >= 0.6 is 0 Å². The summed E-state index contributed by atoms with van der Waals surface area (Å²) in [5, 5.41) is 18.6. The summed E-state index contributed by atoms with van der Waals surface area (Å²) in [7, 11) is 0. The van der Waals surface area contributed by atoms with Crippen LogP contribution in [-0.4, -0.2) is 27.8 Å². The first-order chi connectivity index (χ1) is 10.2. The van der Waals surface area contributed by atoms with Gasteiger partial charge in [0.25, 0.3) is 5.69 Å². The predicted molar refractivity (Wildman–Crippen MR) is 81.7 cm³/mol. The number of nitro benzene ring substituents is 1. The lowest BCUT2D eigenvalue weighted by atomic mass is 10.2.